The average Bonchev–Trinajstić information content (AvgIpc) is 2.82. The van der Waals surface area contributed by atoms with Gasteiger partial charge >= 0.3 is 6.18 Å². The molecule has 4 heteroatoms. The average molecular weight is 444 g/mol. The Morgan fingerprint density at radius 2 is 1.45 bits per heavy atom. The highest BCUT2D eigenvalue weighted by Crippen LogP contribution is 2.33. The van der Waals surface area contributed by atoms with Gasteiger partial charge in [0.2, 0.25) is 0 Å². The zero-order chi connectivity index (χ0) is 23.4. The van der Waals surface area contributed by atoms with Crippen molar-refractivity contribution in [3.8, 4) is 23.0 Å². The summed E-state index contributed by atoms with van der Waals surface area (Å²) >= 11 is 0. The van der Waals surface area contributed by atoms with Gasteiger partial charge in [0.1, 0.15) is 5.82 Å². The predicted molar refractivity (Wildman–Crippen MR) is 125 cm³/mol. The van der Waals surface area contributed by atoms with E-state index in [1.54, 1.807) is 30.3 Å². The fourth-order valence-electron chi connectivity index (χ4n) is 3.60. The number of rotatable bonds is 4. The van der Waals surface area contributed by atoms with Crippen LogP contribution in [0.3, 0.4) is 0 Å². The van der Waals surface area contributed by atoms with Crippen LogP contribution in [-0.4, -0.2) is 0 Å². The summed E-state index contributed by atoms with van der Waals surface area (Å²) in [5, 5.41) is 1.07. The quantitative estimate of drug-likeness (QED) is 0.169. The van der Waals surface area contributed by atoms with Crippen LogP contribution in [0.25, 0.3) is 21.9 Å². The number of hydrogen-bond donors (Lipinski definition) is 0. The second-order valence-electron chi connectivity index (χ2n) is 7.71. The summed E-state index contributed by atoms with van der Waals surface area (Å²) in [6.45, 7) is 3.73. The zero-order valence-corrected chi connectivity index (χ0v) is 17.7. The van der Waals surface area contributed by atoms with Crippen molar-refractivity contribution in [1.82, 2.24) is 0 Å². The number of aryl methyl sites for hydroxylation is 1. The molecular formula is C29H20F4. The Kier molecular flexibility index (Phi) is 6.33. The predicted octanol–water partition coefficient (Wildman–Crippen LogP) is 8.18. The molecule has 0 aliphatic rings. The molecule has 4 aromatic rings. The van der Waals surface area contributed by atoms with Gasteiger partial charge < -0.3 is 0 Å². The molecular weight excluding hydrogens is 424 g/mol. The van der Waals surface area contributed by atoms with E-state index in [0.29, 0.717) is 16.3 Å². The maximum Gasteiger partial charge on any atom is 0.416 e. The summed E-state index contributed by atoms with van der Waals surface area (Å²) in [5.41, 5.74) is 2.75. The number of alkyl halides is 3. The molecule has 0 spiro atoms. The van der Waals surface area contributed by atoms with Crippen LogP contribution in [0.4, 0.5) is 17.6 Å². The Bertz CT molecular complexity index is 1350. The first-order chi connectivity index (χ1) is 15.8. The smallest absolute Gasteiger partial charge is 0.206 e. The highest BCUT2D eigenvalue weighted by Gasteiger charge is 2.30. The van der Waals surface area contributed by atoms with Gasteiger partial charge in [-0.25, -0.2) is 4.39 Å². The summed E-state index contributed by atoms with van der Waals surface area (Å²) in [6, 6.07) is 21.1. The highest BCUT2D eigenvalue weighted by molar-refractivity contribution is 5.89. The van der Waals surface area contributed by atoms with Crippen molar-refractivity contribution in [2.75, 3.05) is 0 Å². The number of hydrogen-bond acceptors (Lipinski definition) is 0. The second-order valence-corrected chi connectivity index (χ2v) is 7.71. The van der Waals surface area contributed by atoms with Gasteiger partial charge in [-0.2, -0.15) is 13.2 Å². The van der Waals surface area contributed by atoms with Crippen molar-refractivity contribution in [2.24, 2.45) is 0 Å². The van der Waals surface area contributed by atoms with Crippen molar-refractivity contribution in [1.29, 1.82) is 0 Å². The largest absolute Gasteiger partial charge is 0.416 e. The lowest BCUT2D eigenvalue weighted by Crippen LogP contribution is -2.04. The molecule has 0 heterocycles. The third kappa shape index (κ3) is 5.15. The van der Waals surface area contributed by atoms with Crippen LogP contribution in [0.15, 0.2) is 91.5 Å². The van der Waals surface area contributed by atoms with Crippen LogP contribution in [0.2, 0.25) is 0 Å². The summed E-state index contributed by atoms with van der Waals surface area (Å²) in [6.07, 6.45) is -0.657. The van der Waals surface area contributed by atoms with Crippen LogP contribution < -0.4 is 0 Å². The van der Waals surface area contributed by atoms with Gasteiger partial charge in [0.05, 0.1) is 5.56 Å². The number of fused-ring (bicyclic) bond motifs is 1. The molecule has 0 N–H and O–H groups in total. The number of benzene rings is 4. The van der Waals surface area contributed by atoms with E-state index in [-0.39, 0.29) is 5.56 Å². The maximum atomic E-state index is 15.1. The van der Waals surface area contributed by atoms with Crippen LogP contribution in [-0.2, 0) is 12.6 Å². The molecule has 0 aliphatic carbocycles. The molecule has 0 nitrogen and oxygen atoms in total. The normalized spacial score (nSPS) is 11.2. The van der Waals surface area contributed by atoms with Crippen molar-refractivity contribution in [3.63, 3.8) is 0 Å². The standard InChI is InChI=1S/C29H20F4/c1-2-3-4-20-5-7-21(8-6-20)9-10-22-11-17-27-24(19-22)14-18-26(28(27)30)23-12-15-25(16-13-23)29(31,32)33/h2,5-8,11-19H,1,3-4H2. The summed E-state index contributed by atoms with van der Waals surface area (Å²) in [7, 11) is 0. The molecule has 0 saturated heterocycles. The Labute approximate surface area is 190 Å². The molecule has 4 rings (SSSR count). The summed E-state index contributed by atoms with van der Waals surface area (Å²) in [4.78, 5) is 0. The van der Waals surface area contributed by atoms with Gasteiger partial charge in [-0.3, -0.25) is 0 Å². The topological polar surface area (TPSA) is 0 Å². The van der Waals surface area contributed by atoms with Gasteiger partial charge in [-0.05, 0) is 65.8 Å². The Morgan fingerprint density at radius 3 is 2.12 bits per heavy atom. The summed E-state index contributed by atoms with van der Waals surface area (Å²) < 4.78 is 53.5. The van der Waals surface area contributed by atoms with E-state index >= 15 is 4.39 Å². The molecule has 0 radical (unpaired) electrons. The molecule has 4 aromatic carbocycles. The highest BCUT2D eigenvalue weighted by atomic mass is 19.4. The minimum atomic E-state index is -4.43. The second kappa shape index (κ2) is 9.34. The van der Waals surface area contributed by atoms with Crippen LogP contribution in [0.1, 0.15) is 28.7 Å². The first kappa shape index (κ1) is 22.4. The van der Waals surface area contributed by atoms with E-state index in [1.165, 1.54) is 17.7 Å². The fourth-order valence-corrected chi connectivity index (χ4v) is 3.60. The Hall–Kier alpha value is -3.84. The SMILES string of the molecule is C=CCCc1ccc(C#Cc2ccc3c(F)c(-c4ccc(C(F)(F)F)cc4)ccc3c2)cc1. The third-order valence-electron chi connectivity index (χ3n) is 5.42. The minimum absolute atomic E-state index is 0.256. The van der Waals surface area contributed by atoms with Crippen molar-refractivity contribution in [2.45, 2.75) is 19.0 Å². The lowest BCUT2D eigenvalue weighted by atomic mass is 9.98. The van der Waals surface area contributed by atoms with E-state index in [9.17, 15) is 13.2 Å². The van der Waals surface area contributed by atoms with Crippen LogP contribution >= 0.6 is 0 Å². The van der Waals surface area contributed by atoms with Crippen molar-refractivity contribution in [3.05, 3.63) is 120 Å². The van der Waals surface area contributed by atoms with Crippen LogP contribution in [0.5, 0.6) is 0 Å². The first-order valence-corrected chi connectivity index (χ1v) is 10.5. The van der Waals surface area contributed by atoms with Crippen molar-refractivity contribution < 1.29 is 17.6 Å². The molecule has 0 atom stereocenters. The Morgan fingerprint density at radius 1 is 0.788 bits per heavy atom. The molecule has 33 heavy (non-hydrogen) atoms. The van der Waals surface area contributed by atoms with E-state index in [1.807, 2.05) is 30.3 Å². The Balaban J connectivity index is 1.59. The first-order valence-electron chi connectivity index (χ1n) is 10.5. The van der Waals surface area contributed by atoms with E-state index in [2.05, 4.69) is 18.4 Å². The van der Waals surface area contributed by atoms with Gasteiger partial charge in [-0.15, -0.1) is 6.58 Å². The van der Waals surface area contributed by atoms with Crippen LogP contribution in [0, 0.1) is 17.7 Å². The molecule has 0 bridgehead atoms. The molecule has 0 fully saturated rings. The molecule has 164 valence electrons. The zero-order valence-electron chi connectivity index (χ0n) is 17.7. The lowest BCUT2D eigenvalue weighted by Gasteiger charge is -2.10. The molecule has 0 aromatic heterocycles. The third-order valence-corrected chi connectivity index (χ3v) is 5.42. The summed E-state index contributed by atoms with van der Waals surface area (Å²) in [5.74, 6) is 5.76. The van der Waals surface area contributed by atoms with Gasteiger partial charge in [-0.1, -0.05) is 60.4 Å². The molecule has 0 amide bonds. The lowest BCUT2D eigenvalue weighted by molar-refractivity contribution is -0.137. The van der Waals surface area contributed by atoms with E-state index in [0.717, 1.165) is 36.1 Å². The fraction of sp³-hybridized carbons (Fsp3) is 0.103. The van der Waals surface area contributed by atoms with E-state index in [4.69, 9.17) is 0 Å². The number of allylic oxidation sites excluding steroid dienone is 1. The minimum Gasteiger partial charge on any atom is -0.206 e. The van der Waals surface area contributed by atoms with Gasteiger partial charge in [0.25, 0.3) is 0 Å². The van der Waals surface area contributed by atoms with E-state index < -0.39 is 17.6 Å². The molecule has 0 saturated carbocycles. The molecule has 0 aliphatic heterocycles. The van der Waals surface area contributed by atoms with Gasteiger partial charge in [0.15, 0.2) is 0 Å². The van der Waals surface area contributed by atoms with Crippen molar-refractivity contribution >= 4 is 10.8 Å². The molecule has 0 unspecified atom stereocenters. The monoisotopic (exact) mass is 444 g/mol. The number of halogens is 4. The van der Waals surface area contributed by atoms with Gasteiger partial charge in [0, 0.05) is 22.1 Å². The maximum absolute atomic E-state index is 15.1.